The number of phenolic OH excluding ortho intramolecular Hbond substituents is 1. The average Bonchev–Trinajstić information content (AvgIpc) is 2.83. The predicted molar refractivity (Wildman–Crippen MR) is 128 cm³/mol. The molecule has 0 aromatic heterocycles. The summed E-state index contributed by atoms with van der Waals surface area (Å²) >= 11 is 0. The van der Waals surface area contributed by atoms with Crippen molar-refractivity contribution in [3.63, 3.8) is 0 Å². The zero-order valence-electron chi connectivity index (χ0n) is 20.0. The summed E-state index contributed by atoms with van der Waals surface area (Å²) in [6.07, 6.45) is 3.54. The number of aliphatic hydroxyl groups is 1. The normalized spacial score (nSPS) is 26.2. The first-order valence-electron chi connectivity index (χ1n) is 11.7. The number of phenols is 1. The van der Waals surface area contributed by atoms with E-state index in [1.807, 2.05) is 0 Å². The second-order valence-corrected chi connectivity index (χ2v) is 8.64. The maximum atomic E-state index is 13.0. The molecular weight excluding hydrogens is 456 g/mol. The molecule has 35 heavy (non-hydrogen) atoms. The van der Waals surface area contributed by atoms with Crippen LogP contribution in [0.4, 0.5) is 0 Å². The smallest absolute Gasteiger partial charge is 0.339 e. The molecule has 3 rings (SSSR count). The number of nitroso groups, excluding NO2 is 1. The molecule has 2 aliphatic heterocycles. The van der Waals surface area contributed by atoms with E-state index >= 15 is 0 Å². The van der Waals surface area contributed by atoms with E-state index in [9.17, 15) is 24.7 Å². The van der Waals surface area contributed by atoms with Crippen molar-refractivity contribution in [2.24, 2.45) is 5.18 Å². The van der Waals surface area contributed by atoms with Gasteiger partial charge in [-0.3, -0.25) is 9.69 Å². The number of nitrogens with zero attached hydrogens (tertiary/aromatic N) is 2. The van der Waals surface area contributed by atoms with Gasteiger partial charge in [-0.05, 0) is 38.0 Å². The summed E-state index contributed by atoms with van der Waals surface area (Å²) in [5, 5.41) is 24.1. The second-order valence-electron chi connectivity index (χ2n) is 8.64. The Morgan fingerprint density at radius 2 is 1.89 bits per heavy atom. The molecule has 1 aromatic carbocycles. The third-order valence-corrected chi connectivity index (χ3v) is 5.98. The molecular formula is C25H32N2O8. The van der Waals surface area contributed by atoms with E-state index in [2.05, 4.69) is 10.1 Å². The molecule has 0 bridgehead atoms. The van der Waals surface area contributed by atoms with Crippen molar-refractivity contribution < 1.29 is 34.0 Å². The first-order chi connectivity index (χ1) is 16.8. The number of carbonyl (C=O) groups is 2. The Hall–Kier alpha value is -3.08. The van der Waals surface area contributed by atoms with Crippen LogP contribution in [0.3, 0.4) is 0 Å². The fraction of sp³-hybridized carbons (Fsp3) is 0.520. The lowest BCUT2D eigenvalue weighted by atomic mass is 9.97. The van der Waals surface area contributed by atoms with Crippen LogP contribution in [0, 0.1) is 11.8 Å². The minimum atomic E-state index is -1.60. The Kier molecular flexibility index (Phi) is 9.53. The summed E-state index contributed by atoms with van der Waals surface area (Å²) in [6.45, 7) is 7.31. The number of ether oxygens (including phenoxy) is 3. The number of rotatable bonds is 5. The highest BCUT2D eigenvalue weighted by molar-refractivity contribution is 5.97. The highest BCUT2D eigenvalue weighted by Gasteiger charge is 2.26. The molecule has 1 fully saturated rings. The van der Waals surface area contributed by atoms with Gasteiger partial charge in [0.1, 0.15) is 24.9 Å². The maximum Gasteiger partial charge on any atom is 0.339 e. The van der Waals surface area contributed by atoms with Crippen molar-refractivity contribution in [2.75, 3.05) is 39.5 Å². The molecule has 1 aromatic rings. The van der Waals surface area contributed by atoms with E-state index in [0.717, 1.165) is 19.2 Å². The first-order valence-corrected chi connectivity index (χ1v) is 11.7. The van der Waals surface area contributed by atoms with Gasteiger partial charge in [0, 0.05) is 31.6 Å². The standard InChI is InChI=1S/C25H32N2O8/c1-16-15-21(34-14-11-27-9-12-33-13-10-27)23(29)18-6-4-7-19(26-32)24(30)20(28)8-3-5-17(2)35-25(31)22(16)18/h3-4,6,8,15,17,19,24,29-30H,5,7,9-14H2,1-2H3/b6-4+,8-3-/t17-,19-,24-/m0/s1. The van der Waals surface area contributed by atoms with Crippen LogP contribution in [0.5, 0.6) is 11.5 Å². The highest BCUT2D eigenvalue weighted by Crippen LogP contribution is 2.37. The number of morpholine rings is 1. The molecule has 0 radical (unpaired) electrons. The van der Waals surface area contributed by atoms with E-state index in [1.54, 1.807) is 19.9 Å². The van der Waals surface area contributed by atoms with Gasteiger partial charge >= 0.3 is 5.97 Å². The second kappa shape index (κ2) is 12.6. The van der Waals surface area contributed by atoms with Gasteiger partial charge < -0.3 is 24.4 Å². The van der Waals surface area contributed by atoms with Gasteiger partial charge in [0.2, 0.25) is 0 Å². The number of hydrogen-bond donors (Lipinski definition) is 2. The average molecular weight is 489 g/mol. The number of carbonyl (C=O) groups excluding carboxylic acids is 2. The summed E-state index contributed by atoms with van der Waals surface area (Å²) in [4.78, 5) is 38.6. The van der Waals surface area contributed by atoms with Crippen LogP contribution in [0.2, 0.25) is 0 Å². The van der Waals surface area contributed by atoms with Crippen LogP contribution in [0.25, 0.3) is 6.08 Å². The molecule has 1 saturated heterocycles. The van der Waals surface area contributed by atoms with Crippen LogP contribution >= 0.6 is 0 Å². The quantitative estimate of drug-likeness (QED) is 0.473. The van der Waals surface area contributed by atoms with Gasteiger partial charge in [0.05, 0.1) is 18.8 Å². The lowest BCUT2D eigenvalue weighted by molar-refractivity contribution is -0.123. The summed E-state index contributed by atoms with van der Waals surface area (Å²) in [7, 11) is 0. The topological polar surface area (TPSA) is 135 Å². The molecule has 0 unspecified atom stereocenters. The lowest BCUT2D eigenvalue weighted by Crippen LogP contribution is -2.38. The fourth-order valence-corrected chi connectivity index (χ4v) is 3.96. The summed E-state index contributed by atoms with van der Waals surface area (Å²) in [6, 6.07) is 0.379. The number of aromatic hydroxyl groups is 1. The lowest BCUT2D eigenvalue weighted by Gasteiger charge is -2.26. The number of fused-ring (bicyclic) bond motifs is 1. The zero-order valence-corrected chi connectivity index (χ0v) is 20.0. The predicted octanol–water partition coefficient (Wildman–Crippen LogP) is 2.39. The Morgan fingerprint density at radius 1 is 1.17 bits per heavy atom. The monoisotopic (exact) mass is 488 g/mol. The Labute approximate surface area is 204 Å². The van der Waals surface area contributed by atoms with Crippen LogP contribution in [-0.4, -0.2) is 84.6 Å². The van der Waals surface area contributed by atoms with E-state index in [4.69, 9.17) is 14.2 Å². The summed E-state index contributed by atoms with van der Waals surface area (Å²) in [5.74, 6) is -1.32. The van der Waals surface area contributed by atoms with Crippen LogP contribution in [0.15, 0.2) is 29.5 Å². The molecule has 2 heterocycles. The Bertz CT molecular complexity index is 984. The number of ketones is 1. The third-order valence-electron chi connectivity index (χ3n) is 5.98. The van der Waals surface area contributed by atoms with Gasteiger partial charge in [-0.25, -0.2) is 4.79 Å². The van der Waals surface area contributed by atoms with Crippen LogP contribution < -0.4 is 4.74 Å². The molecule has 10 nitrogen and oxygen atoms in total. The fourth-order valence-electron chi connectivity index (χ4n) is 3.96. The van der Waals surface area contributed by atoms with Crippen molar-refractivity contribution in [3.8, 4) is 11.5 Å². The Morgan fingerprint density at radius 3 is 2.60 bits per heavy atom. The van der Waals surface area contributed by atoms with Gasteiger partial charge in [0.25, 0.3) is 0 Å². The molecule has 0 saturated carbocycles. The highest BCUT2D eigenvalue weighted by atomic mass is 16.5. The minimum Gasteiger partial charge on any atom is -0.504 e. The van der Waals surface area contributed by atoms with E-state index in [-0.39, 0.29) is 35.5 Å². The zero-order chi connectivity index (χ0) is 25.4. The molecule has 10 heteroatoms. The molecule has 2 aliphatic rings. The number of hydrogen-bond acceptors (Lipinski definition) is 10. The molecule has 2 N–H and O–H groups in total. The first kappa shape index (κ1) is 26.5. The van der Waals surface area contributed by atoms with Gasteiger partial charge in [0.15, 0.2) is 17.3 Å². The van der Waals surface area contributed by atoms with E-state index in [0.29, 0.717) is 31.9 Å². The van der Waals surface area contributed by atoms with Crippen molar-refractivity contribution in [3.05, 3.63) is 45.9 Å². The van der Waals surface area contributed by atoms with E-state index in [1.165, 1.54) is 18.2 Å². The van der Waals surface area contributed by atoms with Gasteiger partial charge in [-0.1, -0.05) is 23.4 Å². The number of aryl methyl sites for hydroxylation is 1. The maximum absolute atomic E-state index is 13.0. The molecule has 0 amide bonds. The SMILES string of the molecule is Cc1cc(OCCN2CCOCC2)c(O)c2c1C(=O)O[C@@H](C)C/C=C\C(=O)[C@@H](O)[C@@H](N=O)C/C=C/2. The third kappa shape index (κ3) is 6.97. The largest absolute Gasteiger partial charge is 0.504 e. The van der Waals surface area contributed by atoms with Crippen molar-refractivity contribution >= 4 is 17.8 Å². The molecule has 0 spiro atoms. The summed E-state index contributed by atoms with van der Waals surface area (Å²) < 4.78 is 16.7. The number of aliphatic hydroxyl groups excluding tert-OH is 1. The molecule has 190 valence electrons. The number of benzene rings is 1. The number of esters is 1. The number of cyclic esters (lactones) is 1. The van der Waals surface area contributed by atoms with Crippen molar-refractivity contribution in [1.29, 1.82) is 0 Å². The summed E-state index contributed by atoms with van der Waals surface area (Å²) in [5.41, 5.74) is 0.880. The Balaban J connectivity index is 1.90. The van der Waals surface area contributed by atoms with Crippen LogP contribution in [-0.2, 0) is 14.3 Å². The van der Waals surface area contributed by atoms with Crippen molar-refractivity contribution in [2.45, 2.75) is 44.9 Å². The van der Waals surface area contributed by atoms with Gasteiger partial charge in [-0.2, -0.15) is 4.91 Å². The minimum absolute atomic E-state index is 0.0737. The van der Waals surface area contributed by atoms with E-state index < -0.39 is 30.0 Å². The van der Waals surface area contributed by atoms with Crippen LogP contribution in [0.1, 0.15) is 41.3 Å². The molecule has 0 aliphatic carbocycles. The van der Waals surface area contributed by atoms with Crippen molar-refractivity contribution in [1.82, 2.24) is 4.90 Å². The molecule has 3 atom stereocenters. The van der Waals surface area contributed by atoms with Gasteiger partial charge in [-0.15, -0.1) is 0 Å².